The van der Waals surface area contributed by atoms with Crippen LogP contribution < -0.4 is 10.2 Å². The summed E-state index contributed by atoms with van der Waals surface area (Å²) in [6, 6.07) is 9.57. The number of hydrogen-bond donors (Lipinski definition) is 2. The van der Waals surface area contributed by atoms with Gasteiger partial charge in [-0.1, -0.05) is 13.8 Å². The Kier molecular flexibility index (Phi) is 7.74. The Labute approximate surface area is 165 Å². The molecule has 0 spiro atoms. The topological polar surface area (TPSA) is 103 Å². The van der Waals surface area contributed by atoms with Crippen LogP contribution in [0, 0.1) is 10.1 Å². The number of rotatable bonds is 10. The molecule has 0 aliphatic carbocycles. The van der Waals surface area contributed by atoms with Crippen LogP contribution in [0.5, 0.6) is 5.75 Å². The third-order valence-electron chi connectivity index (χ3n) is 4.13. The van der Waals surface area contributed by atoms with Gasteiger partial charge in [0.05, 0.1) is 10.6 Å². The lowest BCUT2D eigenvalue weighted by Crippen LogP contribution is -2.24. The van der Waals surface area contributed by atoms with Crippen molar-refractivity contribution in [1.29, 1.82) is 0 Å². The molecule has 0 heterocycles. The van der Waals surface area contributed by atoms with Crippen LogP contribution in [0.3, 0.4) is 0 Å². The van der Waals surface area contributed by atoms with Crippen molar-refractivity contribution in [3.8, 4) is 5.75 Å². The zero-order valence-corrected chi connectivity index (χ0v) is 16.6. The van der Waals surface area contributed by atoms with E-state index in [1.165, 1.54) is 18.2 Å². The van der Waals surface area contributed by atoms with Gasteiger partial charge in [-0.05, 0) is 44.0 Å². The van der Waals surface area contributed by atoms with Crippen molar-refractivity contribution in [2.45, 2.75) is 33.6 Å². The van der Waals surface area contributed by atoms with E-state index in [1.54, 1.807) is 0 Å². The Hall–Kier alpha value is -3.16. The smallest absolute Gasteiger partial charge is 0.271 e. The number of hydrogen-bond acceptors (Lipinski definition) is 7. The zero-order chi connectivity index (χ0) is 20.5. The summed E-state index contributed by atoms with van der Waals surface area (Å²) in [7, 11) is 0. The summed E-state index contributed by atoms with van der Waals surface area (Å²) in [6.45, 7) is 8.97. The minimum Gasteiger partial charge on any atom is -0.506 e. The number of nitrogens with zero attached hydrogens (tertiary/aromatic N) is 4. The Bertz CT molecular complexity index is 833. The van der Waals surface area contributed by atoms with Crippen molar-refractivity contribution in [2.24, 2.45) is 10.2 Å². The first-order valence-corrected chi connectivity index (χ1v) is 9.52. The average molecular weight is 385 g/mol. The molecule has 0 fully saturated rings. The predicted molar refractivity (Wildman–Crippen MR) is 112 cm³/mol. The van der Waals surface area contributed by atoms with E-state index in [0.29, 0.717) is 5.69 Å². The van der Waals surface area contributed by atoms with Gasteiger partial charge in [0.2, 0.25) is 0 Å². The van der Waals surface area contributed by atoms with Crippen molar-refractivity contribution in [3.63, 3.8) is 0 Å². The SMILES string of the molecule is CCCN(CCC)c1ccc(N=Nc2cc([N+](=O)[O-])ccc2O)c(NCC)c1. The Morgan fingerprint density at radius 1 is 1.04 bits per heavy atom. The molecule has 0 aliphatic rings. The second-order valence-corrected chi connectivity index (χ2v) is 6.35. The second-order valence-electron chi connectivity index (χ2n) is 6.35. The van der Waals surface area contributed by atoms with E-state index >= 15 is 0 Å². The van der Waals surface area contributed by atoms with Gasteiger partial charge in [-0.3, -0.25) is 10.1 Å². The van der Waals surface area contributed by atoms with Gasteiger partial charge in [-0.15, -0.1) is 10.2 Å². The summed E-state index contributed by atoms with van der Waals surface area (Å²) < 4.78 is 0. The fourth-order valence-corrected chi connectivity index (χ4v) is 2.86. The van der Waals surface area contributed by atoms with Crippen LogP contribution in [0.1, 0.15) is 33.6 Å². The maximum absolute atomic E-state index is 10.9. The summed E-state index contributed by atoms with van der Waals surface area (Å²) in [5, 5.41) is 32.3. The van der Waals surface area contributed by atoms with Crippen LogP contribution in [0.15, 0.2) is 46.6 Å². The third kappa shape index (κ3) is 5.42. The highest BCUT2D eigenvalue weighted by Gasteiger charge is 2.11. The molecule has 0 unspecified atom stereocenters. The van der Waals surface area contributed by atoms with Crippen LogP contribution in [-0.2, 0) is 0 Å². The molecule has 0 saturated heterocycles. The average Bonchev–Trinajstić information content (AvgIpc) is 2.68. The first kappa shape index (κ1) is 21.1. The number of azo groups is 1. The minimum absolute atomic E-state index is 0.0549. The monoisotopic (exact) mass is 385 g/mol. The number of benzene rings is 2. The second kappa shape index (κ2) is 10.2. The summed E-state index contributed by atoms with van der Waals surface area (Å²) in [5.74, 6) is -0.159. The lowest BCUT2D eigenvalue weighted by Gasteiger charge is -2.24. The van der Waals surface area contributed by atoms with E-state index in [9.17, 15) is 15.2 Å². The summed E-state index contributed by atoms with van der Waals surface area (Å²) in [5.41, 5.74) is 2.44. The first-order chi connectivity index (χ1) is 13.5. The number of phenolic OH excluding ortho intramolecular Hbond substituents is 1. The molecular formula is C20H27N5O3. The van der Waals surface area contributed by atoms with E-state index in [0.717, 1.165) is 43.9 Å². The van der Waals surface area contributed by atoms with Gasteiger partial charge in [0.1, 0.15) is 17.1 Å². The van der Waals surface area contributed by atoms with Gasteiger partial charge in [0.15, 0.2) is 0 Å². The molecule has 0 aliphatic heterocycles. The van der Waals surface area contributed by atoms with E-state index in [1.807, 2.05) is 25.1 Å². The Morgan fingerprint density at radius 3 is 2.32 bits per heavy atom. The molecule has 2 rings (SSSR count). The van der Waals surface area contributed by atoms with Gasteiger partial charge in [0.25, 0.3) is 5.69 Å². The fourth-order valence-electron chi connectivity index (χ4n) is 2.86. The predicted octanol–water partition coefficient (Wildman–Crippen LogP) is 5.77. The van der Waals surface area contributed by atoms with Gasteiger partial charge in [-0.25, -0.2) is 0 Å². The number of nitro groups is 1. The lowest BCUT2D eigenvalue weighted by molar-refractivity contribution is -0.384. The maximum Gasteiger partial charge on any atom is 0.271 e. The van der Waals surface area contributed by atoms with Crippen LogP contribution >= 0.6 is 0 Å². The molecule has 0 saturated carbocycles. The maximum atomic E-state index is 10.9. The number of phenols is 1. The number of anilines is 2. The van der Waals surface area contributed by atoms with Crippen LogP contribution in [-0.4, -0.2) is 29.7 Å². The van der Waals surface area contributed by atoms with E-state index < -0.39 is 4.92 Å². The van der Waals surface area contributed by atoms with Gasteiger partial charge < -0.3 is 15.3 Å². The summed E-state index contributed by atoms with van der Waals surface area (Å²) in [4.78, 5) is 12.7. The molecule has 0 atom stereocenters. The van der Waals surface area contributed by atoms with Crippen LogP contribution in [0.2, 0.25) is 0 Å². The Balaban J connectivity index is 2.36. The molecular weight excluding hydrogens is 358 g/mol. The van der Waals surface area contributed by atoms with Gasteiger partial charge in [-0.2, -0.15) is 0 Å². The van der Waals surface area contributed by atoms with Crippen molar-refractivity contribution in [3.05, 3.63) is 46.5 Å². The molecule has 0 bridgehead atoms. The molecule has 8 nitrogen and oxygen atoms in total. The first-order valence-electron chi connectivity index (χ1n) is 9.52. The van der Waals surface area contributed by atoms with Crippen molar-refractivity contribution < 1.29 is 10.0 Å². The highest BCUT2D eigenvalue weighted by atomic mass is 16.6. The normalized spacial score (nSPS) is 11.0. The van der Waals surface area contributed by atoms with Crippen molar-refractivity contribution in [2.75, 3.05) is 29.9 Å². The number of nitrogens with one attached hydrogen (secondary N) is 1. The van der Waals surface area contributed by atoms with E-state index in [2.05, 4.69) is 34.3 Å². The zero-order valence-electron chi connectivity index (χ0n) is 16.6. The minimum atomic E-state index is -0.534. The van der Waals surface area contributed by atoms with Crippen LogP contribution in [0.4, 0.5) is 28.4 Å². The molecule has 2 N–H and O–H groups in total. The molecule has 2 aromatic rings. The number of aromatic hydroxyl groups is 1. The number of nitro benzene ring substituents is 1. The molecule has 28 heavy (non-hydrogen) atoms. The third-order valence-corrected chi connectivity index (χ3v) is 4.13. The molecule has 0 aromatic heterocycles. The molecule has 0 radical (unpaired) electrons. The summed E-state index contributed by atoms with van der Waals surface area (Å²) in [6.07, 6.45) is 2.12. The standard InChI is InChI=1S/C20H27N5O3/c1-4-11-24(12-5-2)15-7-9-17(18(13-15)21-6-3)22-23-19-14-16(25(27)28)8-10-20(19)26/h7-10,13-14,21,26H,4-6,11-12H2,1-3H3. The van der Waals surface area contributed by atoms with Crippen molar-refractivity contribution in [1.82, 2.24) is 0 Å². The summed E-state index contributed by atoms with van der Waals surface area (Å²) >= 11 is 0. The Morgan fingerprint density at radius 2 is 1.71 bits per heavy atom. The van der Waals surface area contributed by atoms with Gasteiger partial charge >= 0.3 is 0 Å². The highest BCUT2D eigenvalue weighted by molar-refractivity contribution is 5.72. The van der Waals surface area contributed by atoms with Gasteiger partial charge in [0, 0.05) is 37.5 Å². The molecule has 2 aromatic carbocycles. The quantitative estimate of drug-likeness (QED) is 0.307. The van der Waals surface area contributed by atoms with E-state index in [4.69, 9.17) is 0 Å². The van der Waals surface area contributed by atoms with E-state index in [-0.39, 0.29) is 17.1 Å². The molecule has 8 heteroatoms. The number of non-ortho nitro benzene ring substituents is 1. The molecule has 0 amide bonds. The van der Waals surface area contributed by atoms with Crippen LogP contribution in [0.25, 0.3) is 0 Å². The van der Waals surface area contributed by atoms with Crippen molar-refractivity contribution >= 4 is 28.4 Å². The largest absolute Gasteiger partial charge is 0.506 e. The lowest BCUT2D eigenvalue weighted by atomic mass is 10.2. The molecule has 150 valence electrons. The highest BCUT2D eigenvalue weighted by Crippen LogP contribution is 2.35. The fraction of sp³-hybridized carbons (Fsp3) is 0.400.